The highest BCUT2D eigenvalue weighted by atomic mass is 16.6. The largest absolute Gasteiger partial charge is 0.417 e. The standard InChI is InChI=1S/C11H14N2O/c1-14-13-8-9(6-7-12)10-4-2-3-5-11(10)13/h2-5,8H,6-7,12H2,1H3. The molecule has 3 nitrogen and oxygen atoms in total. The summed E-state index contributed by atoms with van der Waals surface area (Å²) in [6.07, 6.45) is 2.88. The van der Waals surface area contributed by atoms with E-state index in [1.54, 1.807) is 11.8 Å². The molecule has 3 heteroatoms. The smallest absolute Gasteiger partial charge is 0.104 e. The van der Waals surface area contributed by atoms with Crippen molar-refractivity contribution in [1.29, 1.82) is 0 Å². The Balaban J connectivity index is 2.61. The molecule has 1 aromatic carbocycles. The van der Waals surface area contributed by atoms with Gasteiger partial charge in [0, 0.05) is 11.6 Å². The Morgan fingerprint density at radius 1 is 1.36 bits per heavy atom. The van der Waals surface area contributed by atoms with Gasteiger partial charge in [0.15, 0.2) is 0 Å². The number of hydrogen-bond acceptors (Lipinski definition) is 2. The molecule has 0 saturated heterocycles. The summed E-state index contributed by atoms with van der Waals surface area (Å²) in [7, 11) is 1.67. The monoisotopic (exact) mass is 190 g/mol. The van der Waals surface area contributed by atoms with Gasteiger partial charge in [0.25, 0.3) is 0 Å². The predicted molar refractivity (Wildman–Crippen MR) is 57.2 cm³/mol. The summed E-state index contributed by atoms with van der Waals surface area (Å²) in [5.74, 6) is 0. The van der Waals surface area contributed by atoms with E-state index in [9.17, 15) is 0 Å². The number of rotatable bonds is 3. The summed E-state index contributed by atoms with van der Waals surface area (Å²) in [6.45, 7) is 0.664. The zero-order valence-corrected chi connectivity index (χ0v) is 8.23. The molecule has 2 rings (SSSR count). The van der Waals surface area contributed by atoms with Crippen LogP contribution >= 0.6 is 0 Å². The van der Waals surface area contributed by atoms with Gasteiger partial charge in [0.05, 0.1) is 5.52 Å². The second-order valence-electron chi connectivity index (χ2n) is 3.22. The van der Waals surface area contributed by atoms with E-state index in [4.69, 9.17) is 10.6 Å². The van der Waals surface area contributed by atoms with E-state index in [1.165, 1.54) is 10.9 Å². The fraction of sp³-hybridized carbons (Fsp3) is 0.273. The van der Waals surface area contributed by atoms with E-state index in [1.807, 2.05) is 24.4 Å². The fourth-order valence-corrected chi connectivity index (χ4v) is 1.72. The fourth-order valence-electron chi connectivity index (χ4n) is 1.72. The maximum atomic E-state index is 5.55. The quantitative estimate of drug-likeness (QED) is 0.790. The van der Waals surface area contributed by atoms with Gasteiger partial charge in [0.2, 0.25) is 0 Å². The van der Waals surface area contributed by atoms with Crippen molar-refractivity contribution in [2.45, 2.75) is 6.42 Å². The Labute approximate surface area is 83.0 Å². The third-order valence-electron chi connectivity index (χ3n) is 2.37. The summed E-state index contributed by atoms with van der Waals surface area (Å²) in [5.41, 5.74) is 7.89. The van der Waals surface area contributed by atoms with Crippen LogP contribution < -0.4 is 10.6 Å². The van der Waals surface area contributed by atoms with Gasteiger partial charge in [-0.15, -0.1) is 0 Å². The average molecular weight is 190 g/mol. The van der Waals surface area contributed by atoms with Crippen LogP contribution in [0.1, 0.15) is 5.56 Å². The van der Waals surface area contributed by atoms with Crippen LogP contribution in [0.2, 0.25) is 0 Å². The van der Waals surface area contributed by atoms with E-state index in [0.29, 0.717) is 6.54 Å². The molecule has 2 aromatic rings. The van der Waals surface area contributed by atoms with Crippen molar-refractivity contribution in [1.82, 2.24) is 4.73 Å². The maximum Gasteiger partial charge on any atom is 0.104 e. The van der Waals surface area contributed by atoms with Gasteiger partial charge < -0.3 is 10.6 Å². The molecule has 0 aliphatic heterocycles. The lowest BCUT2D eigenvalue weighted by molar-refractivity contribution is 0.179. The van der Waals surface area contributed by atoms with Crippen molar-refractivity contribution < 1.29 is 4.84 Å². The van der Waals surface area contributed by atoms with Crippen LogP contribution in [-0.2, 0) is 6.42 Å². The van der Waals surface area contributed by atoms with E-state index >= 15 is 0 Å². The topological polar surface area (TPSA) is 40.2 Å². The Morgan fingerprint density at radius 2 is 2.14 bits per heavy atom. The van der Waals surface area contributed by atoms with Crippen molar-refractivity contribution in [3.05, 3.63) is 36.0 Å². The molecule has 1 heterocycles. The third kappa shape index (κ3) is 1.36. The second kappa shape index (κ2) is 3.72. The van der Waals surface area contributed by atoms with Gasteiger partial charge in [-0.25, -0.2) is 0 Å². The first-order valence-corrected chi connectivity index (χ1v) is 4.70. The van der Waals surface area contributed by atoms with Gasteiger partial charge in [0.1, 0.15) is 7.11 Å². The zero-order valence-electron chi connectivity index (χ0n) is 8.23. The number of aromatic nitrogens is 1. The Hall–Kier alpha value is -1.48. The predicted octanol–water partition coefficient (Wildman–Crippen LogP) is 1.20. The number of fused-ring (bicyclic) bond motifs is 1. The summed E-state index contributed by atoms with van der Waals surface area (Å²) >= 11 is 0. The van der Waals surface area contributed by atoms with Crippen molar-refractivity contribution in [3.63, 3.8) is 0 Å². The molecule has 0 aliphatic rings. The summed E-state index contributed by atoms with van der Waals surface area (Å²) in [6, 6.07) is 8.17. The lowest BCUT2D eigenvalue weighted by Crippen LogP contribution is -2.04. The number of para-hydroxylation sites is 1. The molecule has 0 radical (unpaired) electrons. The first-order valence-electron chi connectivity index (χ1n) is 4.70. The molecular weight excluding hydrogens is 176 g/mol. The zero-order chi connectivity index (χ0) is 9.97. The van der Waals surface area contributed by atoms with Crippen LogP contribution in [0, 0.1) is 0 Å². The SMILES string of the molecule is COn1cc(CCN)c2ccccc21. The van der Waals surface area contributed by atoms with E-state index in [0.717, 1.165) is 11.9 Å². The van der Waals surface area contributed by atoms with E-state index in [2.05, 4.69) is 6.07 Å². The minimum Gasteiger partial charge on any atom is -0.417 e. The van der Waals surface area contributed by atoms with Crippen molar-refractivity contribution in [3.8, 4) is 0 Å². The Kier molecular flexibility index (Phi) is 2.41. The average Bonchev–Trinajstić information content (AvgIpc) is 2.58. The van der Waals surface area contributed by atoms with Crippen LogP contribution in [-0.4, -0.2) is 18.4 Å². The van der Waals surface area contributed by atoms with Gasteiger partial charge in [-0.1, -0.05) is 18.2 Å². The highest BCUT2D eigenvalue weighted by Crippen LogP contribution is 2.20. The highest BCUT2D eigenvalue weighted by molar-refractivity contribution is 5.83. The molecule has 0 fully saturated rings. The molecule has 2 N–H and O–H groups in total. The minimum atomic E-state index is 0.664. The summed E-state index contributed by atoms with van der Waals surface area (Å²) in [5, 5.41) is 1.22. The number of nitrogens with zero attached hydrogens (tertiary/aromatic N) is 1. The van der Waals surface area contributed by atoms with Crippen LogP contribution in [0.25, 0.3) is 10.9 Å². The molecule has 0 unspecified atom stereocenters. The molecule has 0 saturated carbocycles. The van der Waals surface area contributed by atoms with Gasteiger partial charge in [-0.2, -0.15) is 4.73 Å². The molecule has 14 heavy (non-hydrogen) atoms. The summed E-state index contributed by atoms with van der Waals surface area (Å²) in [4.78, 5) is 5.23. The van der Waals surface area contributed by atoms with Crippen molar-refractivity contribution in [2.75, 3.05) is 13.7 Å². The molecule has 0 spiro atoms. The first-order chi connectivity index (χ1) is 6.86. The van der Waals surface area contributed by atoms with Crippen molar-refractivity contribution >= 4 is 10.9 Å². The third-order valence-corrected chi connectivity index (χ3v) is 2.37. The first kappa shape index (κ1) is 9.09. The van der Waals surface area contributed by atoms with Crippen LogP contribution in [0.15, 0.2) is 30.5 Å². The van der Waals surface area contributed by atoms with E-state index in [-0.39, 0.29) is 0 Å². The van der Waals surface area contributed by atoms with Crippen molar-refractivity contribution in [2.24, 2.45) is 5.73 Å². The molecule has 74 valence electrons. The molecular formula is C11H14N2O. The molecule has 0 bridgehead atoms. The van der Waals surface area contributed by atoms with Crippen LogP contribution in [0.5, 0.6) is 0 Å². The molecule has 0 amide bonds. The summed E-state index contributed by atoms with van der Waals surface area (Å²) < 4.78 is 1.78. The van der Waals surface area contributed by atoms with E-state index < -0.39 is 0 Å². The second-order valence-corrected chi connectivity index (χ2v) is 3.22. The maximum absolute atomic E-state index is 5.55. The lowest BCUT2D eigenvalue weighted by Gasteiger charge is -2.00. The number of hydrogen-bond donors (Lipinski definition) is 1. The normalized spacial score (nSPS) is 10.7. The molecule has 1 aromatic heterocycles. The number of nitrogens with two attached hydrogens (primary N) is 1. The van der Waals surface area contributed by atoms with Gasteiger partial charge >= 0.3 is 0 Å². The van der Waals surface area contributed by atoms with Gasteiger partial charge in [-0.05, 0) is 24.6 Å². The van der Waals surface area contributed by atoms with Gasteiger partial charge in [-0.3, -0.25) is 0 Å². The molecule has 0 atom stereocenters. The highest BCUT2D eigenvalue weighted by Gasteiger charge is 2.06. The van der Waals surface area contributed by atoms with Crippen LogP contribution in [0.3, 0.4) is 0 Å². The Morgan fingerprint density at radius 3 is 2.86 bits per heavy atom. The van der Waals surface area contributed by atoms with Crippen LogP contribution in [0.4, 0.5) is 0 Å². The molecule has 0 aliphatic carbocycles. The lowest BCUT2D eigenvalue weighted by atomic mass is 10.1. The Bertz CT molecular complexity index is 434. The number of benzene rings is 1. The minimum absolute atomic E-state index is 0.664.